The van der Waals surface area contributed by atoms with Crippen molar-refractivity contribution in [3.63, 3.8) is 0 Å². The third kappa shape index (κ3) is 3.67. The highest BCUT2D eigenvalue weighted by atomic mass is 15.3. The first-order valence-electron chi connectivity index (χ1n) is 6.41. The summed E-state index contributed by atoms with van der Waals surface area (Å²) in [7, 11) is 0. The van der Waals surface area contributed by atoms with Crippen LogP contribution in [0.1, 0.15) is 29.7 Å². The molecule has 0 spiro atoms. The molecule has 1 atom stereocenters. The van der Waals surface area contributed by atoms with Crippen LogP contribution in [0.25, 0.3) is 0 Å². The van der Waals surface area contributed by atoms with Gasteiger partial charge in [0.05, 0.1) is 24.4 Å². The molecule has 0 amide bonds. The maximum atomic E-state index is 8.89. The highest BCUT2D eigenvalue weighted by Gasteiger charge is 2.05. The van der Waals surface area contributed by atoms with Crippen molar-refractivity contribution in [1.29, 1.82) is 5.26 Å². The molecule has 19 heavy (non-hydrogen) atoms. The minimum absolute atomic E-state index is 0.227. The van der Waals surface area contributed by atoms with Gasteiger partial charge < -0.3 is 5.32 Å². The molecule has 1 aromatic heterocycles. The third-order valence-corrected chi connectivity index (χ3v) is 3.07. The van der Waals surface area contributed by atoms with E-state index in [1.165, 1.54) is 5.56 Å². The molecular formula is C15H18N4. The average molecular weight is 254 g/mol. The zero-order valence-corrected chi connectivity index (χ0v) is 11.3. The first-order chi connectivity index (χ1) is 9.19. The van der Waals surface area contributed by atoms with Crippen LogP contribution in [0, 0.1) is 18.3 Å². The molecule has 1 heterocycles. The summed E-state index contributed by atoms with van der Waals surface area (Å²) in [6.45, 7) is 5.83. The molecule has 1 unspecified atom stereocenters. The summed E-state index contributed by atoms with van der Waals surface area (Å²) in [6.07, 6.45) is 3.89. The lowest BCUT2D eigenvalue weighted by molar-refractivity contribution is 0.507. The van der Waals surface area contributed by atoms with Gasteiger partial charge in [0, 0.05) is 18.8 Å². The number of nitriles is 1. The van der Waals surface area contributed by atoms with E-state index in [0.29, 0.717) is 5.56 Å². The molecule has 2 rings (SSSR count). The minimum atomic E-state index is 0.227. The van der Waals surface area contributed by atoms with Crippen LogP contribution in [-0.2, 0) is 6.54 Å². The van der Waals surface area contributed by atoms with Gasteiger partial charge in [-0.25, -0.2) is 0 Å². The van der Waals surface area contributed by atoms with Gasteiger partial charge in [-0.3, -0.25) is 4.68 Å². The number of nitrogens with one attached hydrogen (secondary N) is 1. The first kappa shape index (κ1) is 13.3. The number of hydrogen-bond acceptors (Lipinski definition) is 3. The zero-order chi connectivity index (χ0) is 13.7. The lowest BCUT2D eigenvalue weighted by Gasteiger charge is -2.14. The van der Waals surface area contributed by atoms with Gasteiger partial charge in [0.2, 0.25) is 0 Å². The minimum Gasteiger partial charge on any atom is -0.308 e. The topological polar surface area (TPSA) is 53.6 Å². The summed E-state index contributed by atoms with van der Waals surface area (Å²) >= 11 is 0. The Labute approximate surface area is 113 Å². The van der Waals surface area contributed by atoms with E-state index < -0.39 is 0 Å². The monoisotopic (exact) mass is 254 g/mol. The van der Waals surface area contributed by atoms with Crippen LogP contribution in [-0.4, -0.2) is 16.3 Å². The summed E-state index contributed by atoms with van der Waals surface area (Å²) in [4.78, 5) is 0. The molecule has 0 radical (unpaired) electrons. The quantitative estimate of drug-likeness (QED) is 0.891. The molecule has 0 saturated heterocycles. The van der Waals surface area contributed by atoms with Crippen molar-refractivity contribution in [2.24, 2.45) is 0 Å². The number of nitrogens with zero attached hydrogens (tertiary/aromatic N) is 3. The van der Waals surface area contributed by atoms with Gasteiger partial charge in [0.1, 0.15) is 0 Å². The molecule has 2 aromatic rings. The van der Waals surface area contributed by atoms with Gasteiger partial charge in [-0.15, -0.1) is 0 Å². The van der Waals surface area contributed by atoms with E-state index in [1.807, 2.05) is 48.3 Å². The van der Waals surface area contributed by atoms with E-state index in [0.717, 1.165) is 18.7 Å². The molecular weight excluding hydrogens is 236 g/mol. The number of rotatable bonds is 5. The summed E-state index contributed by atoms with van der Waals surface area (Å²) < 4.78 is 1.93. The van der Waals surface area contributed by atoms with E-state index in [1.54, 1.807) is 0 Å². The fraction of sp³-hybridized carbons (Fsp3) is 0.333. The lowest BCUT2D eigenvalue weighted by atomic mass is 10.1. The normalized spacial score (nSPS) is 12.1. The van der Waals surface area contributed by atoms with Crippen molar-refractivity contribution in [2.45, 2.75) is 26.4 Å². The van der Waals surface area contributed by atoms with Crippen LogP contribution >= 0.6 is 0 Å². The van der Waals surface area contributed by atoms with Crippen LogP contribution in [0.5, 0.6) is 0 Å². The van der Waals surface area contributed by atoms with E-state index in [2.05, 4.69) is 23.4 Å². The highest BCUT2D eigenvalue weighted by molar-refractivity contribution is 5.33. The molecule has 0 aliphatic rings. The van der Waals surface area contributed by atoms with E-state index >= 15 is 0 Å². The number of benzene rings is 1. The molecule has 98 valence electrons. The van der Waals surface area contributed by atoms with Crippen LogP contribution < -0.4 is 5.32 Å². The average Bonchev–Trinajstić information content (AvgIpc) is 2.84. The summed E-state index contributed by atoms with van der Waals surface area (Å²) in [5.74, 6) is 0. The predicted molar refractivity (Wildman–Crippen MR) is 74.5 cm³/mol. The third-order valence-electron chi connectivity index (χ3n) is 3.07. The second-order valence-electron chi connectivity index (χ2n) is 4.69. The molecule has 4 nitrogen and oxygen atoms in total. The van der Waals surface area contributed by atoms with Crippen LogP contribution in [0.2, 0.25) is 0 Å². The Hall–Kier alpha value is -2.12. The summed E-state index contributed by atoms with van der Waals surface area (Å²) in [6, 6.07) is 10.1. The molecule has 0 aliphatic heterocycles. The Bertz CT molecular complexity index is 580. The van der Waals surface area contributed by atoms with Gasteiger partial charge in [-0.2, -0.15) is 10.4 Å². The fourth-order valence-corrected chi connectivity index (χ4v) is 1.98. The molecule has 0 fully saturated rings. The Morgan fingerprint density at radius 3 is 3.00 bits per heavy atom. The van der Waals surface area contributed by atoms with Crippen molar-refractivity contribution in [3.8, 4) is 6.07 Å². The Morgan fingerprint density at radius 2 is 2.32 bits per heavy atom. The molecule has 0 saturated carbocycles. The number of aromatic nitrogens is 2. The number of hydrogen-bond donors (Lipinski definition) is 1. The maximum Gasteiger partial charge on any atom is 0.0991 e. The molecule has 1 N–H and O–H groups in total. The standard InChI is InChI=1S/C15H18N4/c1-12-10-18-19(11-12)7-6-17-13(2)15-5-3-4-14(8-15)9-16/h3-5,8,10-11,13,17H,6-7H2,1-2H3. The fourth-order valence-electron chi connectivity index (χ4n) is 1.98. The Morgan fingerprint density at radius 1 is 1.47 bits per heavy atom. The maximum absolute atomic E-state index is 8.89. The van der Waals surface area contributed by atoms with Crippen molar-refractivity contribution in [1.82, 2.24) is 15.1 Å². The SMILES string of the molecule is Cc1cnn(CCNC(C)c2cccc(C#N)c2)c1. The molecule has 1 aromatic carbocycles. The van der Waals surface area contributed by atoms with Gasteiger partial charge in [-0.1, -0.05) is 12.1 Å². The van der Waals surface area contributed by atoms with E-state index in [-0.39, 0.29) is 6.04 Å². The lowest BCUT2D eigenvalue weighted by Crippen LogP contribution is -2.23. The van der Waals surface area contributed by atoms with E-state index in [4.69, 9.17) is 5.26 Å². The predicted octanol–water partition coefficient (Wildman–Crippen LogP) is 2.41. The van der Waals surface area contributed by atoms with Crippen molar-refractivity contribution < 1.29 is 0 Å². The van der Waals surface area contributed by atoms with Crippen molar-refractivity contribution in [2.75, 3.05) is 6.54 Å². The van der Waals surface area contributed by atoms with Gasteiger partial charge >= 0.3 is 0 Å². The highest BCUT2D eigenvalue weighted by Crippen LogP contribution is 2.13. The van der Waals surface area contributed by atoms with E-state index in [9.17, 15) is 0 Å². The molecule has 4 heteroatoms. The largest absolute Gasteiger partial charge is 0.308 e. The van der Waals surface area contributed by atoms with Gasteiger partial charge in [0.25, 0.3) is 0 Å². The van der Waals surface area contributed by atoms with Crippen LogP contribution in [0.3, 0.4) is 0 Å². The number of aryl methyl sites for hydroxylation is 1. The summed E-state index contributed by atoms with van der Waals surface area (Å²) in [5.41, 5.74) is 3.01. The summed E-state index contributed by atoms with van der Waals surface area (Å²) in [5, 5.41) is 16.6. The smallest absolute Gasteiger partial charge is 0.0991 e. The zero-order valence-electron chi connectivity index (χ0n) is 11.3. The Balaban J connectivity index is 1.87. The molecule has 0 bridgehead atoms. The van der Waals surface area contributed by atoms with Crippen LogP contribution in [0.15, 0.2) is 36.7 Å². The molecule has 0 aliphatic carbocycles. The Kier molecular flexibility index (Phi) is 4.32. The first-order valence-corrected chi connectivity index (χ1v) is 6.41. The van der Waals surface area contributed by atoms with Crippen LogP contribution in [0.4, 0.5) is 0 Å². The van der Waals surface area contributed by atoms with Gasteiger partial charge in [-0.05, 0) is 37.1 Å². The van der Waals surface area contributed by atoms with Crippen molar-refractivity contribution >= 4 is 0 Å². The van der Waals surface area contributed by atoms with Gasteiger partial charge in [0.15, 0.2) is 0 Å². The second kappa shape index (κ2) is 6.17. The second-order valence-corrected chi connectivity index (χ2v) is 4.69. The van der Waals surface area contributed by atoms with Crippen molar-refractivity contribution in [3.05, 3.63) is 53.3 Å².